The Balaban J connectivity index is 1.72. The van der Waals surface area contributed by atoms with Gasteiger partial charge in [-0.3, -0.25) is 4.72 Å². The molecule has 0 aliphatic heterocycles. The second-order valence-corrected chi connectivity index (χ2v) is 8.43. The number of nitrogens with one attached hydrogen (secondary N) is 1. The largest absolute Gasteiger partial charge is 0.495 e. The molecule has 0 spiro atoms. The standard InChI is InChI=1S/C22H18N4O3S/c1-15-9-10-26-14-20(24-22(26)11-15)17-5-8-21(29-2)19(12-17)25-30(27,28)18-6-3-16(13-23)4-7-18/h3-12,14,25H,1-2H3. The molecule has 7 nitrogen and oxygen atoms in total. The SMILES string of the molecule is COc1ccc(-c2cn3ccc(C)cc3n2)cc1NS(=O)(=O)c1ccc(C#N)cc1. The molecule has 0 saturated carbocycles. The Labute approximate surface area is 174 Å². The van der Waals surface area contributed by atoms with Gasteiger partial charge >= 0.3 is 0 Å². The number of anilines is 1. The van der Waals surface area contributed by atoms with Crippen molar-refractivity contribution in [3.63, 3.8) is 0 Å². The van der Waals surface area contributed by atoms with Gasteiger partial charge in [0, 0.05) is 18.0 Å². The first-order chi connectivity index (χ1) is 14.4. The minimum atomic E-state index is -3.87. The molecule has 2 heterocycles. The fourth-order valence-electron chi connectivity index (χ4n) is 3.08. The van der Waals surface area contributed by atoms with Crippen LogP contribution in [0.1, 0.15) is 11.1 Å². The van der Waals surface area contributed by atoms with Gasteiger partial charge in [-0.05, 0) is 67.1 Å². The van der Waals surface area contributed by atoms with Crippen molar-refractivity contribution >= 4 is 21.4 Å². The number of nitriles is 1. The van der Waals surface area contributed by atoms with Gasteiger partial charge in [-0.15, -0.1) is 0 Å². The summed E-state index contributed by atoms with van der Waals surface area (Å²) in [6, 6.07) is 16.8. The number of methoxy groups -OCH3 is 1. The summed E-state index contributed by atoms with van der Waals surface area (Å²) < 4.78 is 35.5. The van der Waals surface area contributed by atoms with E-state index in [1.807, 2.05) is 48.0 Å². The van der Waals surface area contributed by atoms with Crippen LogP contribution in [-0.2, 0) is 10.0 Å². The van der Waals surface area contributed by atoms with Gasteiger partial charge < -0.3 is 9.14 Å². The molecule has 0 aliphatic carbocycles. The van der Waals surface area contributed by atoms with Gasteiger partial charge in [0.2, 0.25) is 0 Å². The third kappa shape index (κ3) is 3.71. The Bertz CT molecular complexity index is 1380. The van der Waals surface area contributed by atoms with Gasteiger partial charge in [0.05, 0.1) is 35.0 Å². The van der Waals surface area contributed by atoms with E-state index in [9.17, 15) is 8.42 Å². The van der Waals surface area contributed by atoms with Crippen molar-refractivity contribution in [1.29, 1.82) is 5.26 Å². The van der Waals surface area contributed by atoms with Gasteiger partial charge in [-0.2, -0.15) is 5.26 Å². The molecule has 0 saturated heterocycles. The van der Waals surface area contributed by atoms with Crippen LogP contribution in [0, 0.1) is 18.3 Å². The predicted molar refractivity (Wildman–Crippen MR) is 114 cm³/mol. The van der Waals surface area contributed by atoms with E-state index in [0.717, 1.165) is 16.8 Å². The number of sulfonamides is 1. The van der Waals surface area contributed by atoms with Gasteiger partial charge in [-0.25, -0.2) is 13.4 Å². The molecule has 0 radical (unpaired) electrons. The number of pyridine rings is 1. The Morgan fingerprint density at radius 3 is 2.57 bits per heavy atom. The van der Waals surface area contributed by atoms with Gasteiger partial charge in [-0.1, -0.05) is 0 Å². The summed E-state index contributed by atoms with van der Waals surface area (Å²) in [6.45, 7) is 2.00. The van der Waals surface area contributed by atoms with Crippen LogP contribution < -0.4 is 9.46 Å². The Kier molecular flexibility index (Phi) is 4.90. The second kappa shape index (κ2) is 7.54. The van der Waals surface area contributed by atoms with E-state index >= 15 is 0 Å². The fourth-order valence-corrected chi connectivity index (χ4v) is 4.14. The van der Waals surface area contributed by atoms with Gasteiger partial charge in [0.25, 0.3) is 10.0 Å². The third-order valence-corrected chi connectivity index (χ3v) is 6.03. The number of rotatable bonds is 5. The first-order valence-electron chi connectivity index (χ1n) is 9.06. The summed E-state index contributed by atoms with van der Waals surface area (Å²) in [4.78, 5) is 4.68. The lowest BCUT2D eigenvalue weighted by Gasteiger charge is -2.13. The minimum absolute atomic E-state index is 0.0529. The number of hydrogen-bond acceptors (Lipinski definition) is 5. The summed E-state index contributed by atoms with van der Waals surface area (Å²) in [7, 11) is -2.39. The molecule has 8 heteroatoms. The number of imidazole rings is 1. The zero-order valence-corrected chi connectivity index (χ0v) is 17.1. The maximum Gasteiger partial charge on any atom is 0.262 e. The summed E-state index contributed by atoms with van der Waals surface area (Å²) in [6.07, 6.45) is 3.81. The normalized spacial score (nSPS) is 11.2. The first kappa shape index (κ1) is 19.5. The predicted octanol–water partition coefficient (Wildman–Crippen LogP) is 3.99. The number of hydrogen-bond donors (Lipinski definition) is 1. The van der Waals surface area contributed by atoms with Gasteiger partial charge in [0.1, 0.15) is 11.4 Å². The molecule has 0 aliphatic rings. The van der Waals surface area contributed by atoms with E-state index in [2.05, 4.69) is 9.71 Å². The quantitative estimate of drug-likeness (QED) is 0.529. The smallest absolute Gasteiger partial charge is 0.262 e. The van der Waals surface area contributed by atoms with Crippen LogP contribution in [0.5, 0.6) is 5.75 Å². The molecule has 1 N–H and O–H groups in total. The molecule has 4 aromatic rings. The fraction of sp³-hybridized carbons (Fsp3) is 0.0909. The van der Waals surface area contributed by atoms with Crippen molar-refractivity contribution in [3.8, 4) is 23.1 Å². The van der Waals surface area contributed by atoms with E-state index in [1.165, 1.54) is 31.4 Å². The maximum absolute atomic E-state index is 12.8. The summed E-state index contributed by atoms with van der Waals surface area (Å²) in [5.41, 5.74) is 4.05. The highest BCUT2D eigenvalue weighted by Gasteiger charge is 2.18. The van der Waals surface area contributed by atoms with Crippen molar-refractivity contribution in [2.45, 2.75) is 11.8 Å². The molecule has 0 amide bonds. The van der Waals surface area contributed by atoms with Crippen LogP contribution >= 0.6 is 0 Å². The molecule has 0 bridgehead atoms. The number of nitrogens with zero attached hydrogens (tertiary/aromatic N) is 3. The lowest BCUT2D eigenvalue weighted by atomic mass is 10.1. The van der Waals surface area contributed by atoms with E-state index < -0.39 is 10.0 Å². The molecule has 2 aromatic heterocycles. The zero-order valence-electron chi connectivity index (χ0n) is 16.3. The lowest BCUT2D eigenvalue weighted by molar-refractivity contribution is 0.417. The molecule has 4 rings (SSSR count). The monoisotopic (exact) mass is 418 g/mol. The average molecular weight is 418 g/mol. The van der Waals surface area contributed by atoms with E-state index in [0.29, 0.717) is 22.7 Å². The maximum atomic E-state index is 12.8. The summed E-state index contributed by atoms with van der Waals surface area (Å²) in [5.74, 6) is 0.385. The molecular formula is C22H18N4O3S. The molecule has 30 heavy (non-hydrogen) atoms. The minimum Gasteiger partial charge on any atom is -0.495 e. The molecule has 0 fully saturated rings. The van der Waals surface area contributed by atoms with E-state index in [1.54, 1.807) is 12.1 Å². The van der Waals surface area contributed by atoms with Crippen molar-refractivity contribution in [2.24, 2.45) is 0 Å². The Morgan fingerprint density at radius 1 is 1.10 bits per heavy atom. The first-order valence-corrected chi connectivity index (χ1v) is 10.5. The third-order valence-electron chi connectivity index (χ3n) is 4.65. The number of fused-ring (bicyclic) bond motifs is 1. The Hall–Kier alpha value is -3.83. The molecule has 150 valence electrons. The van der Waals surface area contributed by atoms with Gasteiger partial charge in [0.15, 0.2) is 0 Å². The van der Waals surface area contributed by atoms with Crippen LogP contribution in [0.3, 0.4) is 0 Å². The highest BCUT2D eigenvalue weighted by molar-refractivity contribution is 7.92. The summed E-state index contributed by atoms with van der Waals surface area (Å²) >= 11 is 0. The van der Waals surface area contributed by atoms with Crippen molar-refractivity contribution < 1.29 is 13.2 Å². The van der Waals surface area contributed by atoms with Crippen LogP contribution in [0.15, 0.2) is 71.9 Å². The molecular weight excluding hydrogens is 400 g/mol. The number of aromatic nitrogens is 2. The van der Waals surface area contributed by atoms with Crippen LogP contribution in [0.25, 0.3) is 16.9 Å². The molecule has 0 unspecified atom stereocenters. The number of benzene rings is 2. The molecule has 0 atom stereocenters. The van der Waals surface area contributed by atoms with Crippen molar-refractivity contribution in [1.82, 2.24) is 9.38 Å². The molecule has 2 aromatic carbocycles. The average Bonchev–Trinajstić information content (AvgIpc) is 3.16. The lowest BCUT2D eigenvalue weighted by Crippen LogP contribution is -2.13. The van der Waals surface area contributed by atoms with E-state index in [-0.39, 0.29) is 4.90 Å². The Morgan fingerprint density at radius 2 is 1.87 bits per heavy atom. The van der Waals surface area contributed by atoms with Crippen LogP contribution in [0.2, 0.25) is 0 Å². The number of ether oxygens (including phenoxy) is 1. The van der Waals surface area contributed by atoms with Crippen LogP contribution in [0.4, 0.5) is 5.69 Å². The highest BCUT2D eigenvalue weighted by Crippen LogP contribution is 2.32. The van der Waals surface area contributed by atoms with Crippen LogP contribution in [-0.4, -0.2) is 24.9 Å². The topological polar surface area (TPSA) is 96.5 Å². The number of aryl methyl sites for hydroxylation is 1. The highest BCUT2D eigenvalue weighted by atomic mass is 32.2. The van der Waals surface area contributed by atoms with Crippen molar-refractivity contribution in [2.75, 3.05) is 11.8 Å². The van der Waals surface area contributed by atoms with E-state index in [4.69, 9.17) is 10.00 Å². The van der Waals surface area contributed by atoms with Crippen molar-refractivity contribution in [3.05, 3.63) is 78.1 Å². The zero-order chi connectivity index (χ0) is 21.3. The summed E-state index contributed by atoms with van der Waals surface area (Å²) in [5, 5.41) is 8.90. The second-order valence-electron chi connectivity index (χ2n) is 6.75.